The molecule has 1 saturated heterocycles. The summed E-state index contributed by atoms with van der Waals surface area (Å²) in [6.45, 7) is 2.93. The highest BCUT2D eigenvalue weighted by Crippen LogP contribution is 2.13. The summed E-state index contributed by atoms with van der Waals surface area (Å²) in [6, 6.07) is 5.66. The Morgan fingerprint density at radius 1 is 1.29 bits per heavy atom. The average molecular weight is 292 g/mol. The summed E-state index contributed by atoms with van der Waals surface area (Å²) in [5.74, 6) is 0.0263. The first-order valence-corrected chi connectivity index (χ1v) is 6.96. The zero-order chi connectivity index (χ0) is 15.2. The van der Waals surface area contributed by atoms with Crippen molar-refractivity contribution in [2.75, 3.05) is 44.7 Å². The number of carboxylic acids is 1. The molecule has 1 fully saturated rings. The molecule has 2 amide bonds. The average Bonchev–Trinajstić information content (AvgIpc) is 2.53. The molecule has 0 aromatic carbocycles. The van der Waals surface area contributed by atoms with Crippen molar-refractivity contribution in [1.82, 2.24) is 14.8 Å². The van der Waals surface area contributed by atoms with E-state index in [0.29, 0.717) is 13.1 Å². The lowest BCUT2D eigenvalue weighted by atomic mass is 10.3. The molecular weight excluding hydrogens is 272 g/mol. The van der Waals surface area contributed by atoms with Crippen LogP contribution in [0.4, 0.5) is 10.6 Å². The number of anilines is 1. The third kappa shape index (κ3) is 4.08. The standard InChI is InChI=1S/C14H20N4O3/c1-16(7-5-13(19)20)14(21)18-10-8-17(9-11-18)12-4-2-3-6-15-12/h2-4,6H,5,7-11H2,1H3,(H,19,20). The highest BCUT2D eigenvalue weighted by atomic mass is 16.4. The second-order valence-corrected chi connectivity index (χ2v) is 5.01. The Morgan fingerprint density at radius 3 is 2.57 bits per heavy atom. The summed E-state index contributed by atoms with van der Waals surface area (Å²) in [7, 11) is 1.64. The minimum atomic E-state index is -0.894. The smallest absolute Gasteiger partial charge is 0.319 e. The van der Waals surface area contributed by atoms with E-state index in [1.807, 2.05) is 18.2 Å². The number of aromatic nitrogens is 1. The molecule has 0 unspecified atom stereocenters. The van der Waals surface area contributed by atoms with Crippen LogP contribution in [0.1, 0.15) is 6.42 Å². The third-order valence-corrected chi connectivity index (χ3v) is 3.51. The van der Waals surface area contributed by atoms with Crippen molar-refractivity contribution in [3.63, 3.8) is 0 Å². The van der Waals surface area contributed by atoms with Gasteiger partial charge in [0.05, 0.1) is 6.42 Å². The van der Waals surface area contributed by atoms with Crippen LogP contribution in [0, 0.1) is 0 Å². The van der Waals surface area contributed by atoms with Gasteiger partial charge in [-0.3, -0.25) is 4.79 Å². The molecule has 7 heteroatoms. The number of aliphatic carboxylic acids is 1. The largest absolute Gasteiger partial charge is 0.481 e. The molecule has 1 aliphatic heterocycles. The zero-order valence-corrected chi connectivity index (χ0v) is 12.1. The summed E-state index contributed by atoms with van der Waals surface area (Å²) < 4.78 is 0. The van der Waals surface area contributed by atoms with Crippen LogP contribution >= 0.6 is 0 Å². The van der Waals surface area contributed by atoms with Crippen LogP contribution in [0.3, 0.4) is 0 Å². The molecule has 0 aliphatic carbocycles. The lowest BCUT2D eigenvalue weighted by Crippen LogP contribution is -2.52. The van der Waals surface area contributed by atoms with E-state index in [0.717, 1.165) is 18.9 Å². The van der Waals surface area contributed by atoms with Gasteiger partial charge in [-0.1, -0.05) is 6.07 Å². The molecule has 1 aromatic rings. The highest BCUT2D eigenvalue weighted by molar-refractivity contribution is 5.75. The van der Waals surface area contributed by atoms with Crippen molar-refractivity contribution in [3.8, 4) is 0 Å². The first-order chi connectivity index (χ1) is 10.1. The number of pyridine rings is 1. The number of carbonyl (C=O) groups excluding carboxylic acids is 1. The van der Waals surface area contributed by atoms with Crippen molar-refractivity contribution >= 4 is 17.8 Å². The summed E-state index contributed by atoms with van der Waals surface area (Å²) >= 11 is 0. The summed E-state index contributed by atoms with van der Waals surface area (Å²) in [5, 5.41) is 8.65. The molecule has 0 atom stereocenters. The number of amides is 2. The first-order valence-electron chi connectivity index (χ1n) is 6.96. The van der Waals surface area contributed by atoms with Gasteiger partial charge in [0.25, 0.3) is 0 Å². The molecule has 21 heavy (non-hydrogen) atoms. The maximum atomic E-state index is 12.2. The Bertz CT molecular complexity index is 486. The molecule has 2 rings (SSSR count). The van der Waals surface area contributed by atoms with E-state index in [1.165, 1.54) is 4.90 Å². The minimum absolute atomic E-state index is 0.0316. The van der Waals surface area contributed by atoms with Gasteiger partial charge in [-0.05, 0) is 12.1 Å². The van der Waals surface area contributed by atoms with Gasteiger partial charge in [-0.25, -0.2) is 9.78 Å². The molecular formula is C14H20N4O3. The fourth-order valence-corrected chi connectivity index (χ4v) is 2.27. The molecule has 114 valence electrons. The molecule has 7 nitrogen and oxygen atoms in total. The van der Waals surface area contributed by atoms with Gasteiger partial charge in [-0.2, -0.15) is 0 Å². The summed E-state index contributed by atoms with van der Waals surface area (Å²) in [5.41, 5.74) is 0. The van der Waals surface area contributed by atoms with Crippen molar-refractivity contribution in [2.24, 2.45) is 0 Å². The lowest BCUT2D eigenvalue weighted by molar-refractivity contribution is -0.137. The fraction of sp³-hybridized carbons (Fsp3) is 0.500. The third-order valence-electron chi connectivity index (χ3n) is 3.51. The lowest BCUT2D eigenvalue weighted by Gasteiger charge is -2.37. The predicted octanol–water partition coefficient (Wildman–Crippen LogP) is 0.730. The van der Waals surface area contributed by atoms with Gasteiger partial charge in [0.2, 0.25) is 0 Å². The molecule has 0 radical (unpaired) electrons. The van der Waals surface area contributed by atoms with Crippen LogP contribution in [0.15, 0.2) is 24.4 Å². The highest BCUT2D eigenvalue weighted by Gasteiger charge is 2.24. The summed E-state index contributed by atoms with van der Waals surface area (Å²) in [6.07, 6.45) is 1.72. The summed E-state index contributed by atoms with van der Waals surface area (Å²) in [4.78, 5) is 32.4. The molecule has 1 aromatic heterocycles. The monoisotopic (exact) mass is 292 g/mol. The second-order valence-electron chi connectivity index (χ2n) is 5.01. The number of rotatable bonds is 4. The van der Waals surface area contributed by atoms with E-state index in [9.17, 15) is 9.59 Å². The normalized spacial score (nSPS) is 14.9. The number of hydrogen-bond acceptors (Lipinski definition) is 4. The first kappa shape index (κ1) is 15.1. The van der Waals surface area contributed by atoms with Crippen molar-refractivity contribution in [3.05, 3.63) is 24.4 Å². The van der Waals surface area contributed by atoms with Crippen LogP contribution in [-0.4, -0.2) is 71.7 Å². The van der Waals surface area contributed by atoms with E-state index in [4.69, 9.17) is 5.11 Å². The quantitative estimate of drug-likeness (QED) is 0.885. The van der Waals surface area contributed by atoms with Gasteiger partial charge in [-0.15, -0.1) is 0 Å². The minimum Gasteiger partial charge on any atom is -0.481 e. The van der Waals surface area contributed by atoms with Gasteiger partial charge >= 0.3 is 12.0 Å². The van der Waals surface area contributed by atoms with E-state index in [1.54, 1.807) is 18.1 Å². The van der Waals surface area contributed by atoms with Gasteiger partial charge in [0.1, 0.15) is 5.82 Å². The Balaban J connectivity index is 1.83. The van der Waals surface area contributed by atoms with E-state index >= 15 is 0 Å². The SMILES string of the molecule is CN(CCC(=O)O)C(=O)N1CCN(c2ccccn2)CC1. The van der Waals surface area contributed by atoms with Crippen LogP contribution in [0.2, 0.25) is 0 Å². The maximum Gasteiger partial charge on any atom is 0.319 e. The van der Waals surface area contributed by atoms with Crippen LogP contribution < -0.4 is 4.90 Å². The zero-order valence-electron chi connectivity index (χ0n) is 12.1. The predicted molar refractivity (Wildman–Crippen MR) is 78.3 cm³/mol. The Morgan fingerprint density at radius 2 is 2.00 bits per heavy atom. The topological polar surface area (TPSA) is 77.0 Å². The van der Waals surface area contributed by atoms with Gasteiger partial charge in [0, 0.05) is 46.0 Å². The maximum absolute atomic E-state index is 12.2. The van der Waals surface area contributed by atoms with Crippen LogP contribution in [0.25, 0.3) is 0 Å². The second kappa shape index (κ2) is 6.92. The van der Waals surface area contributed by atoms with Crippen LogP contribution in [0.5, 0.6) is 0 Å². The Hall–Kier alpha value is -2.31. The number of nitrogens with zero attached hydrogens (tertiary/aromatic N) is 4. The van der Waals surface area contributed by atoms with E-state index in [-0.39, 0.29) is 19.0 Å². The van der Waals surface area contributed by atoms with Crippen molar-refractivity contribution < 1.29 is 14.7 Å². The Kier molecular flexibility index (Phi) is 4.97. The van der Waals surface area contributed by atoms with Crippen molar-refractivity contribution in [2.45, 2.75) is 6.42 Å². The van der Waals surface area contributed by atoms with Gasteiger partial charge < -0.3 is 19.8 Å². The number of piperazine rings is 1. The number of urea groups is 1. The number of hydrogen-bond donors (Lipinski definition) is 1. The van der Waals surface area contributed by atoms with Crippen LogP contribution in [-0.2, 0) is 4.79 Å². The molecule has 1 aliphatic rings. The van der Waals surface area contributed by atoms with E-state index in [2.05, 4.69) is 9.88 Å². The molecule has 0 saturated carbocycles. The fourth-order valence-electron chi connectivity index (χ4n) is 2.27. The van der Waals surface area contributed by atoms with Crippen molar-refractivity contribution in [1.29, 1.82) is 0 Å². The van der Waals surface area contributed by atoms with Gasteiger partial charge in [0.15, 0.2) is 0 Å². The van der Waals surface area contributed by atoms with E-state index < -0.39 is 5.97 Å². The molecule has 0 spiro atoms. The number of carboxylic acid groups (broad SMARTS) is 1. The molecule has 2 heterocycles. The Labute approximate surface area is 123 Å². The molecule has 0 bridgehead atoms. The number of carbonyl (C=O) groups is 2. The molecule has 1 N–H and O–H groups in total.